The average Bonchev–Trinajstić information content (AvgIpc) is 3.32. The fraction of sp³-hybridized carbons (Fsp3) is 0.0645. The quantitative estimate of drug-likeness (QED) is 0.274. The minimum atomic E-state index is -3.96. The topological polar surface area (TPSA) is 89.5 Å². The molecule has 0 aliphatic carbocycles. The molecule has 0 fully saturated rings. The molecule has 0 amide bonds. The lowest BCUT2D eigenvalue weighted by molar-refractivity contribution is 0.455. The molecule has 6 rings (SSSR count). The lowest BCUT2D eigenvalue weighted by Gasteiger charge is -2.18. The van der Waals surface area contributed by atoms with Crippen LogP contribution in [0.3, 0.4) is 0 Å². The Morgan fingerprint density at radius 2 is 1.42 bits per heavy atom. The van der Waals surface area contributed by atoms with E-state index >= 15 is 0 Å². The zero-order valence-corrected chi connectivity index (χ0v) is 21.2. The Balaban J connectivity index is 1.68. The van der Waals surface area contributed by atoms with Gasteiger partial charge in [-0.15, -0.1) is 0 Å². The van der Waals surface area contributed by atoms with Crippen molar-refractivity contribution in [2.45, 2.75) is 17.7 Å². The van der Waals surface area contributed by atoms with Gasteiger partial charge in [0.1, 0.15) is 11.3 Å². The van der Waals surface area contributed by atoms with Crippen molar-refractivity contribution in [2.75, 3.05) is 0 Å². The zero-order valence-electron chi connectivity index (χ0n) is 20.4. The number of fused-ring (bicyclic) bond motifs is 2. The standard InChI is InChI=1S/C31H23NO5S/c1-20-15-17-22(18-16-20)38(35,36)32-19-25(23-11-5-7-13-26(23)32)28(21-9-3-2-4-10-21)29-30(33)24-12-6-8-14-27(24)37-31(29)34/h2-19,28,33H,1H3. The fourth-order valence-electron chi connectivity index (χ4n) is 4.98. The molecular formula is C31H23NO5S. The summed E-state index contributed by atoms with van der Waals surface area (Å²) in [7, 11) is -3.96. The van der Waals surface area contributed by atoms with Gasteiger partial charge in [0, 0.05) is 17.5 Å². The summed E-state index contributed by atoms with van der Waals surface area (Å²) in [6, 6.07) is 29.8. The summed E-state index contributed by atoms with van der Waals surface area (Å²) in [4.78, 5) is 13.5. The fourth-order valence-corrected chi connectivity index (χ4v) is 6.36. The monoisotopic (exact) mass is 521 g/mol. The van der Waals surface area contributed by atoms with E-state index in [1.54, 1.807) is 66.9 Å². The highest BCUT2D eigenvalue weighted by molar-refractivity contribution is 7.90. The highest BCUT2D eigenvalue weighted by Crippen LogP contribution is 2.42. The third-order valence-electron chi connectivity index (χ3n) is 6.84. The molecule has 1 atom stereocenters. The summed E-state index contributed by atoms with van der Waals surface area (Å²) in [5.41, 5.74) is 2.31. The number of para-hydroxylation sites is 2. The molecule has 7 heteroatoms. The first kappa shape index (κ1) is 23.8. The van der Waals surface area contributed by atoms with Crippen molar-refractivity contribution in [3.63, 3.8) is 0 Å². The lowest BCUT2D eigenvalue weighted by Crippen LogP contribution is -2.16. The van der Waals surface area contributed by atoms with E-state index in [0.717, 1.165) is 5.56 Å². The molecule has 4 aromatic carbocycles. The Hall–Kier alpha value is -4.62. The Bertz CT molecular complexity index is 1970. The van der Waals surface area contributed by atoms with Crippen LogP contribution in [0.1, 0.15) is 28.2 Å². The number of aromatic hydroxyl groups is 1. The molecule has 0 bridgehead atoms. The van der Waals surface area contributed by atoms with Gasteiger partial charge in [-0.3, -0.25) is 0 Å². The number of nitrogens with zero attached hydrogens (tertiary/aromatic N) is 1. The maximum atomic E-state index is 13.8. The van der Waals surface area contributed by atoms with Crippen molar-refractivity contribution in [1.29, 1.82) is 0 Å². The number of aryl methyl sites for hydroxylation is 1. The average molecular weight is 522 g/mol. The Kier molecular flexibility index (Phi) is 5.65. The molecule has 6 nitrogen and oxygen atoms in total. The third-order valence-corrected chi connectivity index (χ3v) is 8.53. The van der Waals surface area contributed by atoms with Gasteiger partial charge in [-0.25, -0.2) is 17.2 Å². The first-order valence-electron chi connectivity index (χ1n) is 12.1. The second-order valence-electron chi connectivity index (χ2n) is 9.21. The van der Waals surface area contributed by atoms with Gasteiger partial charge in [-0.2, -0.15) is 0 Å². The Morgan fingerprint density at radius 1 is 0.789 bits per heavy atom. The van der Waals surface area contributed by atoms with Crippen LogP contribution < -0.4 is 5.63 Å². The van der Waals surface area contributed by atoms with Gasteiger partial charge >= 0.3 is 5.63 Å². The van der Waals surface area contributed by atoms with Gasteiger partial charge < -0.3 is 9.52 Å². The molecule has 0 saturated carbocycles. The van der Waals surface area contributed by atoms with E-state index in [2.05, 4.69) is 0 Å². The lowest BCUT2D eigenvalue weighted by atomic mass is 9.85. The maximum absolute atomic E-state index is 13.8. The van der Waals surface area contributed by atoms with Crippen LogP contribution in [0.5, 0.6) is 5.75 Å². The van der Waals surface area contributed by atoms with Crippen molar-refractivity contribution >= 4 is 31.9 Å². The smallest absolute Gasteiger partial charge is 0.344 e. The van der Waals surface area contributed by atoms with Crippen molar-refractivity contribution in [2.24, 2.45) is 0 Å². The molecule has 38 heavy (non-hydrogen) atoms. The predicted octanol–water partition coefficient (Wildman–Crippen LogP) is 6.18. The number of hydrogen-bond donors (Lipinski definition) is 1. The molecule has 0 radical (unpaired) electrons. The Morgan fingerprint density at radius 3 is 2.16 bits per heavy atom. The first-order valence-corrected chi connectivity index (χ1v) is 13.5. The summed E-state index contributed by atoms with van der Waals surface area (Å²) in [5.74, 6) is -0.986. The van der Waals surface area contributed by atoms with Gasteiger partial charge in [-0.05, 0) is 48.4 Å². The summed E-state index contributed by atoms with van der Waals surface area (Å²) in [6.07, 6.45) is 1.55. The predicted molar refractivity (Wildman–Crippen MR) is 147 cm³/mol. The molecule has 188 valence electrons. The minimum absolute atomic E-state index is 0.0468. The van der Waals surface area contributed by atoms with Gasteiger partial charge in [-0.1, -0.05) is 78.4 Å². The van der Waals surface area contributed by atoms with E-state index < -0.39 is 21.6 Å². The molecule has 2 aromatic heterocycles. The van der Waals surface area contributed by atoms with E-state index in [-0.39, 0.29) is 21.8 Å². The van der Waals surface area contributed by atoms with Gasteiger partial charge in [0.15, 0.2) is 0 Å². The van der Waals surface area contributed by atoms with Crippen molar-refractivity contribution in [1.82, 2.24) is 3.97 Å². The van der Waals surface area contributed by atoms with E-state index in [1.165, 1.54) is 3.97 Å². The highest BCUT2D eigenvalue weighted by atomic mass is 32.2. The minimum Gasteiger partial charge on any atom is -0.507 e. The van der Waals surface area contributed by atoms with Crippen LogP contribution in [0.2, 0.25) is 0 Å². The SMILES string of the molecule is Cc1ccc(S(=O)(=O)n2cc(C(c3ccccc3)c3c(O)c4ccccc4oc3=O)c3ccccc32)cc1. The van der Waals surface area contributed by atoms with Crippen LogP contribution in [0.4, 0.5) is 0 Å². The highest BCUT2D eigenvalue weighted by Gasteiger charge is 2.31. The largest absolute Gasteiger partial charge is 0.507 e. The van der Waals surface area contributed by atoms with Crippen molar-refractivity contribution < 1.29 is 17.9 Å². The zero-order chi connectivity index (χ0) is 26.4. The van der Waals surface area contributed by atoms with Crippen LogP contribution in [0, 0.1) is 6.92 Å². The van der Waals surface area contributed by atoms with Gasteiger partial charge in [0.25, 0.3) is 10.0 Å². The van der Waals surface area contributed by atoms with Crippen LogP contribution in [0.25, 0.3) is 21.9 Å². The van der Waals surface area contributed by atoms with Crippen LogP contribution in [-0.2, 0) is 10.0 Å². The summed E-state index contributed by atoms with van der Waals surface area (Å²) in [6.45, 7) is 1.89. The maximum Gasteiger partial charge on any atom is 0.344 e. The number of aromatic nitrogens is 1. The van der Waals surface area contributed by atoms with Crippen LogP contribution in [0.15, 0.2) is 123 Å². The van der Waals surface area contributed by atoms with E-state index in [1.807, 2.05) is 49.4 Å². The molecule has 0 aliphatic rings. The number of rotatable bonds is 5. The second kappa shape index (κ2) is 9.04. The number of benzene rings is 4. The molecule has 0 aliphatic heterocycles. The van der Waals surface area contributed by atoms with Gasteiger partial charge in [0.05, 0.1) is 21.4 Å². The summed E-state index contributed by atoms with van der Waals surface area (Å²) < 4.78 is 34.5. The normalized spacial score (nSPS) is 12.7. The number of hydrogen-bond acceptors (Lipinski definition) is 5. The van der Waals surface area contributed by atoms with E-state index in [4.69, 9.17) is 4.42 Å². The third kappa shape index (κ3) is 3.79. The van der Waals surface area contributed by atoms with Gasteiger partial charge in [0.2, 0.25) is 0 Å². The van der Waals surface area contributed by atoms with Crippen molar-refractivity contribution in [3.8, 4) is 5.75 Å². The Labute approximate surface area is 219 Å². The molecule has 6 aromatic rings. The molecule has 0 saturated heterocycles. The summed E-state index contributed by atoms with van der Waals surface area (Å²) in [5, 5.41) is 12.4. The summed E-state index contributed by atoms with van der Waals surface area (Å²) >= 11 is 0. The molecule has 0 spiro atoms. The van der Waals surface area contributed by atoms with Crippen LogP contribution in [-0.4, -0.2) is 17.5 Å². The molecule has 1 unspecified atom stereocenters. The van der Waals surface area contributed by atoms with Crippen molar-refractivity contribution in [3.05, 3.63) is 142 Å². The molecule has 1 N–H and O–H groups in total. The second-order valence-corrected chi connectivity index (χ2v) is 11.0. The van der Waals surface area contributed by atoms with E-state index in [0.29, 0.717) is 27.4 Å². The van der Waals surface area contributed by atoms with Crippen LogP contribution >= 0.6 is 0 Å². The molecular weight excluding hydrogens is 498 g/mol. The molecule has 2 heterocycles. The van der Waals surface area contributed by atoms with E-state index in [9.17, 15) is 18.3 Å². The first-order chi connectivity index (χ1) is 18.4.